The van der Waals surface area contributed by atoms with Gasteiger partial charge in [0.2, 0.25) is 0 Å². The second-order valence-electron chi connectivity index (χ2n) is 5.48. The Labute approximate surface area is 151 Å². The molecule has 0 saturated heterocycles. The molecule has 1 heterocycles. The van der Waals surface area contributed by atoms with E-state index in [1.165, 1.54) is 6.08 Å². The Balaban J connectivity index is 2.03. The quantitative estimate of drug-likeness (QED) is 0.690. The summed E-state index contributed by atoms with van der Waals surface area (Å²) in [5.74, 6) is 0.103. The second kappa shape index (κ2) is 7.57. The van der Waals surface area contributed by atoms with Crippen molar-refractivity contribution in [2.75, 3.05) is 14.2 Å². The van der Waals surface area contributed by atoms with Crippen LogP contribution in [-0.4, -0.2) is 34.8 Å². The largest absolute Gasteiger partial charge is 0.493 e. The number of carboxylic acids is 1. The maximum absolute atomic E-state index is 11.3. The third kappa shape index (κ3) is 3.59. The molecule has 0 amide bonds. The monoisotopic (exact) mass is 350 g/mol. The zero-order valence-electron chi connectivity index (χ0n) is 14.4. The summed E-state index contributed by atoms with van der Waals surface area (Å²) in [4.78, 5) is 15.4. The summed E-state index contributed by atoms with van der Waals surface area (Å²) in [5.41, 5.74) is 3.02. The number of hydrogen-bond acceptors (Lipinski definition) is 4. The van der Waals surface area contributed by atoms with E-state index in [0.29, 0.717) is 17.1 Å². The Morgan fingerprint density at radius 1 is 1.04 bits per heavy atom. The summed E-state index contributed by atoms with van der Waals surface area (Å²) < 4.78 is 12.4. The minimum absolute atomic E-state index is 0.538. The average molecular weight is 350 g/mol. The first kappa shape index (κ1) is 17.3. The first-order valence-electron chi connectivity index (χ1n) is 7.88. The van der Waals surface area contributed by atoms with Crippen LogP contribution in [0.25, 0.3) is 11.3 Å². The van der Waals surface area contributed by atoms with Crippen LogP contribution in [0.15, 0.2) is 67.3 Å². The molecule has 0 aliphatic carbocycles. The molecule has 0 atom stereocenters. The van der Waals surface area contributed by atoms with E-state index in [0.717, 1.165) is 16.8 Å². The molecule has 2 aromatic carbocycles. The fourth-order valence-corrected chi connectivity index (χ4v) is 2.69. The van der Waals surface area contributed by atoms with Crippen LogP contribution in [0.5, 0.6) is 11.5 Å². The van der Waals surface area contributed by atoms with E-state index in [1.807, 2.05) is 35.0 Å². The molecule has 3 aromatic rings. The molecule has 0 spiro atoms. The smallest absolute Gasteiger partial charge is 0.328 e. The fourth-order valence-electron chi connectivity index (χ4n) is 2.69. The van der Waals surface area contributed by atoms with Crippen LogP contribution in [0, 0.1) is 0 Å². The van der Waals surface area contributed by atoms with Crippen LogP contribution in [0.1, 0.15) is 11.1 Å². The molecule has 0 saturated carbocycles. The predicted molar refractivity (Wildman–Crippen MR) is 97.8 cm³/mol. The van der Waals surface area contributed by atoms with Crippen molar-refractivity contribution < 1.29 is 19.4 Å². The average Bonchev–Trinajstić information content (AvgIpc) is 3.20. The minimum atomic E-state index is -1.02. The number of nitrogens with zero attached hydrogens (tertiary/aromatic N) is 2. The van der Waals surface area contributed by atoms with Gasteiger partial charge in [-0.15, -0.1) is 0 Å². The predicted octanol–water partition coefficient (Wildman–Crippen LogP) is 3.41. The normalized spacial score (nSPS) is 11.2. The van der Waals surface area contributed by atoms with Gasteiger partial charge in [-0.3, -0.25) is 0 Å². The van der Waals surface area contributed by atoms with Gasteiger partial charge in [-0.05, 0) is 41.0 Å². The fraction of sp³-hybridized carbons (Fsp3) is 0.100. The van der Waals surface area contributed by atoms with Gasteiger partial charge in [-0.25, -0.2) is 9.78 Å². The van der Waals surface area contributed by atoms with Gasteiger partial charge >= 0.3 is 5.97 Å². The molecule has 132 valence electrons. The Hall–Kier alpha value is -3.54. The molecule has 6 nitrogen and oxygen atoms in total. The van der Waals surface area contributed by atoms with Crippen LogP contribution in [0.4, 0.5) is 0 Å². The number of methoxy groups -OCH3 is 2. The molecular formula is C20H18N2O4. The van der Waals surface area contributed by atoms with Crippen LogP contribution < -0.4 is 9.47 Å². The zero-order valence-corrected chi connectivity index (χ0v) is 14.4. The van der Waals surface area contributed by atoms with Crippen LogP contribution in [0.3, 0.4) is 0 Å². The van der Waals surface area contributed by atoms with Gasteiger partial charge in [0.25, 0.3) is 0 Å². The Morgan fingerprint density at radius 2 is 1.73 bits per heavy atom. The van der Waals surface area contributed by atoms with Gasteiger partial charge < -0.3 is 19.1 Å². The van der Waals surface area contributed by atoms with E-state index >= 15 is 0 Å². The van der Waals surface area contributed by atoms with Crippen LogP contribution in [0.2, 0.25) is 0 Å². The topological polar surface area (TPSA) is 73.6 Å². The number of carboxylic acid groups (broad SMARTS) is 1. The molecule has 3 rings (SSSR count). The van der Waals surface area contributed by atoms with Crippen molar-refractivity contribution >= 4 is 11.5 Å². The molecule has 0 bridgehead atoms. The molecule has 1 aromatic heterocycles. The van der Waals surface area contributed by atoms with Gasteiger partial charge in [0.1, 0.15) is 0 Å². The first-order valence-corrected chi connectivity index (χ1v) is 7.88. The van der Waals surface area contributed by atoms with Gasteiger partial charge in [-0.2, -0.15) is 0 Å². The van der Waals surface area contributed by atoms with Crippen molar-refractivity contribution in [3.63, 3.8) is 0 Å². The molecule has 1 N–H and O–H groups in total. The number of hydrogen-bond donors (Lipinski definition) is 1. The lowest BCUT2D eigenvalue weighted by atomic mass is 9.97. The summed E-state index contributed by atoms with van der Waals surface area (Å²) in [6.07, 6.45) is 6.44. The van der Waals surface area contributed by atoms with Crippen molar-refractivity contribution in [3.05, 3.63) is 78.4 Å². The third-order valence-corrected chi connectivity index (χ3v) is 3.94. The van der Waals surface area contributed by atoms with Crippen molar-refractivity contribution in [1.82, 2.24) is 9.55 Å². The highest BCUT2D eigenvalue weighted by molar-refractivity contribution is 5.95. The molecule has 0 fully saturated rings. The number of benzene rings is 2. The SMILES string of the molecule is COc1ccc(/C(=C/C(=O)O)c2ccc(-n3ccnc3)cc2)cc1OC. The lowest BCUT2D eigenvalue weighted by molar-refractivity contribution is -0.131. The number of carbonyl (C=O) groups is 1. The van der Waals surface area contributed by atoms with Crippen molar-refractivity contribution in [3.8, 4) is 17.2 Å². The van der Waals surface area contributed by atoms with E-state index in [2.05, 4.69) is 4.98 Å². The van der Waals surface area contributed by atoms with Gasteiger partial charge in [0.05, 0.1) is 20.5 Å². The highest BCUT2D eigenvalue weighted by atomic mass is 16.5. The number of rotatable bonds is 6. The van der Waals surface area contributed by atoms with Crippen molar-refractivity contribution in [1.29, 1.82) is 0 Å². The lowest BCUT2D eigenvalue weighted by Crippen LogP contribution is -1.98. The molecule has 6 heteroatoms. The summed E-state index contributed by atoms with van der Waals surface area (Å²) >= 11 is 0. The summed E-state index contributed by atoms with van der Waals surface area (Å²) in [6.45, 7) is 0. The molecule has 0 radical (unpaired) electrons. The summed E-state index contributed by atoms with van der Waals surface area (Å²) in [6, 6.07) is 12.9. The molecule has 0 aliphatic heterocycles. The van der Waals surface area contributed by atoms with E-state index in [4.69, 9.17) is 9.47 Å². The Kier molecular flexibility index (Phi) is 5.03. The Morgan fingerprint density at radius 3 is 2.31 bits per heavy atom. The minimum Gasteiger partial charge on any atom is -0.493 e. The zero-order chi connectivity index (χ0) is 18.5. The number of imidazole rings is 1. The molecule has 26 heavy (non-hydrogen) atoms. The van der Waals surface area contributed by atoms with Gasteiger partial charge in [0, 0.05) is 24.2 Å². The first-order chi connectivity index (χ1) is 12.6. The second-order valence-corrected chi connectivity index (χ2v) is 5.48. The van der Waals surface area contributed by atoms with Crippen LogP contribution in [-0.2, 0) is 4.79 Å². The third-order valence-electron chi connectivity index (χ3n) is 3.94. The highest BCUT2D eigenvalue weighted by Gasteiger charge is 2.12. The van der Waals surface area contributed by atoms with Gasteiger partial charge in [0.15, 0.2) is 11.5 Å². The molecular weight excluding hydrogens is 332 g/mol. The lowest BCUT2D eigenvalue weighted by Gasteiger charge is -2.13. The standard InChI is InChI=1S/C20H18N2O4/c1-25-18-8-5-15(11-19(18)26-2)17(12-20(23)24)14-3-6-16(7-4-14)22-10-9-21-13-22/h3-13H,1-2H3,(H,23,24)/b17-12+. The number of ether oxygens (including phenoxy) is 2. The van der Waals surface area contributed by atoms with E-state index in [9.17, 15) is 9.90 Å². The van der Waals surface area contributed by atoms with E-state index in [1.54, 1.807) is 44.9 Å². The van der Waals surface area contributed by atoms with Crippen LogP contribution >= 0.6 is 0 Å². The summed E-state index contributed by atoms with van der Waals surface area (Å²) in [7, 11) is 3.10. The molecule has 0 unspecified atom stereocenters. The maximum Gasteiger partial charge on any atom is 0.328 e. The van der Waals surface area contributed by atoms with Crippen molar-refractivity contribution in [2.24, 2.45) is 0 Å². The van der Waals surface area contributed by atoms with E-state index < -0.39 is 5.97 Å². The number of aliphatic carboxylic acids is 1. The summed E-state index contributed by atoms with van der Waals surface area (Å²) in [5, 5.41) is 9.29. The van der Waals surface area contributed by atoms with E-state index in [-0.39, 0.29) is 0 Å². The van der Waals surface area contributed by atoms with Gasteiger partial charge in [-0.1, -0.05) is 18.2 Å². The Bertz CT molecular complexity index is 929. The van der Waals surface area contributed by atoms with Crippen molar-refractivity contribution in [2.45, 2.75) is 0 Å². The highest BCUT2D eigenvalue weighted by Crippen LogP contribution is 2.33. The molecule has 0 aliphatic rings. The number of aromatic nitrogens is 2. The maximum atomic E-state index is 11.3.